The van der Waals surface area contributed by atoms with Gasteiger partial charge in [0.15, 0.2) is 0 Å². The minimum absolute atomic E-state index is 0.0275. The molecular formula is C20H19BrN4O. The number of aromatic nitrogens is 3. The summed E-state index contributed by atoms with van der Waals surface area (Å²) in [7, 11) is 0. The first-order chi connectivity index (χ1) is 12.6. The normalized spacial score (nSPS) is 17.8. The highest BCUT2D eigenvalue weighted by Gasteiger charge is 2.37. The van der Waals surface area contributed by atoms with Gasteiger partial charge in [0.1, 0.15) is 0 Å². The molecule has 3 N–H and O–H groups in total. The summed E-state index contributed by atoms with van der Waals surface area (Å²) in [5.41, 5.74) is 14.0. The van der Waals surface area contributed by atoms with Crippen molar-refractivity contribution < 1.29 is 4.74 Å². The van der Waals surface area contributed by atoms with Crippen molar-refractivity contribution in [2.45, 2.75) is 38.5 Å². The van der Waals surface area contributed by atoms with E-state index in [0.717, 1.165) is 63.9 Å². The van der Waals surface area contributed by atoms with Crippen LogP contribution in [0.15, 0.2) is 28.7 Å². The summed E-state index contributed by atoms with van der Waals surface area (Å²) in [4.78, 5) is 4.85. The lowest BCUT2D eigenvalue weighted by Crippen LogP contribution is -2.19. The van der Waals surface area contributed by atoms with Crippen molar-refractivity contribution in [2.75, 3.05) is 5.73 Å². The Morgan fingerprint density at radius 1 is 1.12 bits per heavy atom. The number of nitrogen functional groups attached to an aromatic ring is 1. The van der Waals surface area contributed by atoms with Crippen LogP contribution in [0.4, 0.5) is 5.69 Å². The molecule has 3 aromatic rings. The molecule has 0 radical (unpaired) electrons. The molecule has 1 aromatic carbocycles. The van der Waals surface area contributed by atoms with Crippen LogP contribution in [0.5, 0.6) is 11.8 Å². The van der Waals surface area contributed by atoms with E-state index in [0.29, 0.717) is 11.8 Å². The number of aryl methyl sites for hydroxylation is 2. The first-order valence-electron chi connectivity index (χ1n) is 8.92. The molecule has 0 spiro atoms. The zero-order chi connectivity index (χ0) is 17.8. The monoisotopic (exact) mass is 410 g/mol. The molecule has 0 amide bonds. The van der Waals surface area contributed by atoms with E-state index < -0.39 is 0 Å². The quantitative estimate of drug-likeness (QED) is 0.479. The van der Waals surface area contributed by atoms with Gasteiger partial charge < -0.3 is 10.5 Å². The highest BCUT2D eigenvalue weighted by molar-refractivity contribution is 9.10. The van der Waals surface area contributed by atoms with E-state index in [4.69, 9.17) is 15.5 Å². The number of H-pyrrole nitrogens is 1. The van der Waals surface area contributed by atoms with Gasteiger partial charge in [0.05, 0.1) is 5.56 Å². The summed E-state index contributed by atoms with van der Waals surface area (Å²) in [6.07, 6.45) is 4.27. The fraction of sp³-hybridized carbons (Fsp3) is 0.300. The molecule has 5 nitrogen and oxygen atoms in total. The van der Waals surface area contributed by atoms with Gasteiger partial charge in [-0.2, -0.15) is 0 Å². The Hall–Kier alpha value is -2.34. The summed E-state index contributed by atoms with van der Waals surface area (Å²) in [5.74, 6) is 1.18. The van der Waals surface area contributed by atoms with Gasteiger partial charge >= 0.3 is 0 Å². The van der Waals surface area contributed by atoms with Crippen LogP contribution < -0.4 is 10.5 Å². The molecule has 1 aliphatic carbocycles. The maximum Gasteiger partial charge on any atom is 0.244 e. The number of benzene rings is 1. The minimum Gasteiger partial charge on any atom is -0.418 e. The summed E-state index contributed by atoms with van der Waals surface area (Å²) in [6, 6.07) is 8.36. The molecule has 2 aromatic heterocycles. The zero-order valence-corrected chi connectivity index (χ0v) is 16.1. The third kappa shape index (κ3) is 2.28. The van der Waals surface area contributed by atoms with Crippen LogP contribution in [0.1, 0.15) is 52.4 Å². The number of nitrogens with two attached hydrogens (primary N) is 1. The topological polar surface area (TPSA) is 76.8 Å². The van der Waals surface area contributed by atoms with E-state index in [9.17, 15) is 0 Å². The lowest BCUT2D eigenvalue weighted by Gasteiger charge is -2.30. The van der Waals surface area contributed by atoms with E-state index in [1.807, 2.05) is 6.92 Å². The second-order valence-corrected chi connectivity index (χ2v) is 7.95. The predicted octanol–water partition coefficient (Wildman–Crippen LogP) is 4.62. The van der Waals surface area contributed by atoms with Crippen LogP contribution in [0.2, 0.25) is 0 Å². The van der Waals surface area contributed by atoms with Crippen molar-refractivity contribution >= 4 is 21.6 Å². The molecule has 5 rings (SSSR count). The van der Waals surface area contributed by atoms with Gasteiger partial charge in [0, 0.05) is 33.0 Å². The van der Waals surface area contributed by atoms with Crippen LogP contribution in [0, 0.1) is 6.92 Å². The summed E-state index contributed by atoms with van der Waals surface area (Å²) < 4.78 is 7.13. The SMILES string of the molecule is Cc1[nH]nc2c1C(c1ccc(Br)cc1)c1c(nc3c(c1N)CCCC3)O2. The highest BCUT2D eigenvalue weighted by atomic mass is 79.9. The minimum atomic E-state index is -0.0275. The number of hydrogen-bond donors (Lipinski definition) is 2. The molecule has 26 heavy (non-hydrogen) atoms. The second-order valence-electron chi connectivity index (χ2n) is 7.03. The van der Waals surface area contributed by atoms with Gasteiger partial charge in [0.25, 0.3) is 0 Å². The van der Waals surface area contributed by atoms with Gasteiger partial charge in [-0.15, -0.1) is 5.10 Å². The first kappa shape index (κ1) is 15.9. The molecule has 0 saturated heterocycles. The van der Waals surface area contributed by atoms with Crippen molar-refractivity contribution in [3.05, 3.63) is 62.4 Å². The van der Waals surface area contributed by atoms with Crippen molar-refractivity contribution in [1.29, 1.82) is 0 Å². The Kier molecular flexibility index (Phi) is 3.57. The number of fused-ring (bicyclic) bond motifs is 3. The zero-order valence-electron chi connectivity index (χ0n) is 14.5. The first-order valence-corrected chi connectivity index (χ1v) is 9.72. The summed E-state index contributed by atoms with van der Waals surface area (Å²) >= 11 is 3.52. The lowest BCUT2D eigenvalue weighted by atomic mass is 9.81. The Morgan fingerprint density at radius 3 is 2.69 bits per heavy atom. The molecule has 3 heterocycles. The van der Waals surface area contributed by atoms with Crippen molar-refractivity contribution in [3.8, 4) is 11.8 Å². The molecule has 2 aliphatic rings. The number of anilines is 1. The number of halogens is 1. The maximum atomic E-state index is 6.70. The van der Waals surface area contributed by atoms with Crippen LogP contribution in [-0.4, -0.2) is 15.2 Å². The standard InChI is InChI=1S/C20H19BrN4O/c1-10-15-16(11-6-8-12(21)9-7-11)17-18(22)13-4-2-3-5-14(13)23-19(17)26-20(15)25-24-10/h6-9,16H,2-5H2,1H3,(H2,22,23)(H,24,25). The molecule has 1 atom stereocenters. The third-order valence-electron chi connectivity index (χ3n) is 5.45. The van der Waals surface area contributed by atoms with Gasteiger partial charge in [-0.05, 0) is 55.9 Å². The van der Waals surface area contributed by atoms with Crippen LogP contribution in [0.25, 0.3) is 0 Å². The molecule has 0 saturated carbocycles. The maximum absolute atomic E-state index is 6.70. The Morgan fingerprint density at radius 2 is 1.88 bits per heavy atom. The molecular weight excluding hydrogens is 392 g/mol. The number of pyridine rings is 1. The average molecular weight is 411 g/mol. The number of nitrogens with one attached hydrogen (secondary N) is 1. The summed E-state index contributed by atoms with van der Waals surface area (Å²) in [5, 5.41) is 7.41. The van der Waals surface area contributed by atoms with Gasteiger partial charge in [0.2, 0.25) is 11.8 Å². The van der Waals surface area contributed by atoms with Gasteiger partial charge in [-0.1, -0.05) is 28.1 Å². The number of nitrogens with zero attached hydrogens (tertiary/aromatic N) is 2. The van der Waals surface area contributed by atoms with Crippen molar-refractivity contribution in [2.24, 2.45) is 0 Å². The highest BCUT2D eigenvalue weighted by Crippen LogP contribution is 2.50. The molecule has 132 valence electrons. The molecule has 0 bridgehead atoms. The molecule has 1 unspecified atom stereocenters. The third-order valence-corrected chi connectivity index (χ3v) is 5.98. The van der Waals surface area contributed by atoms with E-state index in [1.165, 1.54) is 5.56 Å². The molecule has 0 fully saturated rings. The number of hydrogen-bond acceptors (Lipinski definition) is 4. The lowest BCUT2D eigenvalue weighted by molar-refractivity contribution is 0.414. The Balaban J connectivity index is 1.79. The summed E-state index contributed by atoms with van der Waals surface area (Å²) in [6.45, 7) is 2.02. The van der Waals surface area contributed by atoms with Gasteiger partial charge in [-0.3, -0.25) is 5.10 Å². The number of rotatable bonds is 1. The predicted molar refractivity (Wildman–Crippen MR) is 104 cm³/mol. The van der Waals surface area contributed by atoms with E-state index in [2.05, 4.69) is 50.4 Å². The van der Waals surface area contributed by atoms with Crippen LogP contribution in [-0.2, 0) is 12.8 Å². The Bertz CT molecular complexity index is 1010. The number of ether oxygens (including phenoxy) is 1. The molecule has 1 aliphatic heterocycles. The van der Waals surface area contributed by atoms with Crippen molar-refractivity contribution in [3.63, 3.8) is 0 Å². The largest absolute Gasteiger partial charge is 0.418 e. The fourth-order valence-corrected chi connectivity index (χ4v) is 4.44. The van der Waals surface area contributed by atoms with E-state index in [1.54, 1.807) is 0 Å². The van der Waals surface area contributed by atoms with E-state index in [-0.39, 0.29) is 5.92 Å². The van der Waals surface area contributed by atoms with Crippen LogP contribution >= 0.6 is 15.9 Å². The number of aromatic amines is 1. The average Bonchev–Trinajstić information content (AvgIpc) is 3.02. The molecule has 6 heteroatoms. The fourth-order valence-electron chi connectivity index (χ4n) is 4.18. The Labute approximate surface area is 160 Å². The second kappa shape index (κ2) is 5.84. The van der Waals surface area contributed by atoms with Crippen LogP contribution in [0.3, 0.4) is 0 Å². The van der Waals surface area contributed by atoms with Crippen molar-refractivity contribution in [1.82, 2.24) is 15.2 Å². The smallest absolute Gasteiger partial charge is 0.244 e. The van der Waals surface area contributed by atoms with Gasteiger partial charge in [-0.25, -0.2) is 4.98 Å². The van der Waals surface area contributed by atoms with E-state index >= 15 is 0 Å².